The van der Waals surface area contributed by atoms with Gasteiger partial charge in [-0.05, 0) is 24.6 Å². The monoisotopic (exact) mass is 490 g/mol. The summed E-state index contributed by atoms with van der Waals surface area (Å²) in [5.74, 6) is -0.605. The smallest absolute Gasteiger partial charge is 0.287 e. The number of amides is 1. The van der Waals surface area contributed by atoms with Crippen molar-refractivity contribution in [2.45, 2.75) is 24.5 Å². The molecule has 2 N–H and O–H groups in total. The lowest BCUT2D eigenvalue weighted by molar-refractivity contribution is -0.117. The molecule has 1 aliphatic rings. The van der Waals surface area contributed by atoms with Gasteiger partial charge in [-0.3, -0.25) is 9.59 Å². The highest BCUT2D eigenvalue weighted by Gasteiger charge is 2.31. The zero-order chi connectivity index (χ0) is 22.8. The minimum atomic E-state index is -3.88. The number of ether oxygens (including phenoxy) is 1. The first-order chi connectivity index (χ1) is 14.6. The molecule has 0 radical (unpaired) electrons. The highest BCUT2D eigenvalue weighted by atomic mass is 35.5. The van der Waals surface area contributed by atoms with Gasteiger partial charge in [-0.25, -0.2) is 13.1 Å². The summed E-state index contributed by atoms with van der Waals surface area (Å²) < 4.78 is 33.6. The van der Waals surface area contributed by atoms with Gasteiger partial charge in [0.1, 0.15) is 11.6 Å². The number of nitrogens with one attached hydrogen (secondary N) is 1. The second-order valence-electron chi connectivity index (χ2n) is 6.84. The van der Waals surface area contributed by atoms with Crippen LogP contribution in [0, 0.1) is 6.92 Å². The summed E-state index contributed by atoms with van der Waals surface area (Å²) in [5, 5.41) is 15.3. The van der Waals surface area contributed by atoms with Crippen molar-refractivity contribution in [2.75, 3.05) is 31.6 Å². The Hall–Kier alpha value is -2.02. The lowest BCUT2D eigenvalue weighted by atomic mass is 10.2. The molecule has 1 aromatic carbocycles. The topological polar surface area (TPSA) is 131 Å². The van der Waals surface area contributed by atoms with Gasteiger partial charge in [0.25, 0.3) is 5.56 Å². The number of carbonyl (C=O) groups is 1. The molecule has 2 heterocycles. The molecule has 1 saturated heterocycles. The van der Waals surface area contributed by atoms with Gasteiger partial charge in [0.05, 0.1) is 35.4 Å². The van der Waals surface area contributed by atoms with Gasteiger partial charge < -0.3 is 15.2 Å². The highest BCUT2D eigenvalue weighted by Crippen LogP contribution is 2.25. The van der Waals surface area contributed by atoms with Crippen LogP contribution in [0.3, 0.4) is 0 Å². The molecule has 10 nitrogen and oxygen atoms in total. The van der Waals surface area contributed by atoms with Crippen LogP contribution in [0.4, 0.5) is 5.69 Å². The summed E-state index contributed by atoms with van der Waals surface area (Å²) in [4.78, 5) is 24.4. The zero-order valence-corrected chi connectivity index (χ0v) is 18.7. The molecule has 0 unspecified atom stereocenters. The quantitative estimate of drug-likeness (QED) is 0.614. The van der Waals surface area contributed by atoms with Crippen molar-refractivity contribution in [1.29, 1.82) is 0 Å². The average Bonchev–Trinajstić information content (AvgIpc) is 2.75. The first-order valence-electron chi connectivity index (χ1n) is 9.17. The largest absolute Gasteiger partial charge is 0.394 e. The van der Waals surface area contributed by atoms with Crippen LogP contribution in [-0.4, -0.2) is 65.9 Å². The van der Waals surface area contributed by atoms with Gasteiger partial charge >= 0.3 is 0 Å². The third-order valence-corrected chi connectivity index (χ3v) is 7.39. The Bertz CT molecular complexity index is 1150. The maximum Gasteiger partial charge on any atom is 0.287 e. The number of sulfonamides is 1. The number of aryl methyl sites for hydroxylation is 1. The Labute approximate surface area is 188 Å². The second kappa shape index (κ2) is 9.63. The standard InChI is InChI=1S/C18H20Cl2N4O6S/c1-11-2-3-12(22-16(26)9-24-18(27)17(20)14(19)7-21-24)6-15(11)31(28,29)23-4-5-30-13(8-23)10-25/h2-3,6-7,13,25H,4-5,8-10H2,1H3,(H,22,26)/t13-/m1/s1. The lowest BCUT2D eigenvalue weighted by Gasteiger charge is -2.31. The molecule has 1 aromatic heterocycles. The number of anilines is 1. The molecule has 2 aromatic rings. The van der Waals surface area contributed by atoms with Crippen LogP contribution in [0.2, 0.25) is 10.0 Å². The molecule has 13 heteroatoms. The molecule has 1 atom stereocenters. The van der Waals surface area contributed by atoms with E-state index in [4.69, 9.17) is 27.9 Å². The summed E-state index contributed by atoms with van der Waals surface area (Å²) in [6.07, 6.45) is 0.556. The van der Waals surface area contributed by atoms with Crippen LogP contribution in [-0.2, 0) is 26.1 Å². The number of nitrogens with zero attached hydrogens (tertiary/aromatic N) is 3. The molecule has 168 valence electrons. The Morgan fingerprint density at radius 2 is 2.13 bits per heavy atom. The van der Waals surface area contributed by atoms with E-state index in [9.17, 15) is 23.1 Å². The number of benzene rings is 1. The number of hydrogen-bond donors (Lipinski definition) is 2. The van der Waals surface area contributed by atoms with E-state index < -0.39 is 34.1 Å². The van der Waals surface area contributed by atoms with Gasteiger partial charge in [0.15, 0.2) is 0 Å². The molecule has 0 aliphatic carbocycles. The number of aliphatic hydroxyl groups is 1. The molecule has 0 spiro atoms. The van der Waals surface area contributed by atoms with Crippen molar-refractivity contribution in [2.24, 2.45) is 0 Å². The molecule has 0 bridgehead atoms. The van der Waals surface area contributed by atoms with E-state index in [1.807, 2.05) is 0 Å². The summed E-state index contributed by atoms with van der Waals surface area (Å²) in [5.41, 5.74) is 0.00362. The van der Waals surface area contributed by atoms with Crippen molar-refractivity contribution in [1.82, 2.24) is 14.1 Å². The summed E-state index contributed by atoms with van der Waals surface area (Å²) in [7, 11) is -3.88. The second-order valence-corrected chi connectivity index (χ2v) is 9.53. The number of aliphatic hydroxyl groups excluding tert-OH is 1. The first-order valence-corrected chi connectivity index (χ1v) is 11.4. The number of morpholine rings is 1. The SMILES string of the molecule is Cc1ccc(NC(=O)Cn2ncc(Cl)c(Cl)c2=O)cc1S(=O)(=O)N1CCO[C@@H](CO)C1. The molecular weight excluding hydrogens is 471 g/mol. The fraction of sp³-hybridized carbons (Fsp3) is 0.389. The fourth-order valence-electron chi connectivity index (χ4n) is 3.01. The third-order valence-electron chi connectivity index (χ3n) is 4.63. The number of aromatic nitrogens is 2. The number of carbonyl (C=O) groups excluding carboxylic acids is 1. The number of hydrogen-bond acceptors (Lipinski definition) is 7. The fourth-order valence-corrected chi connectivity index (χ4v) is 4.99. The lowest BCUT2D eigenvalue weighted by Crippen LogP contribution is -2.46. The summed E-state index contributed by atoms with van der Waals surface area (Å²) in [6, 6.07) is 4.46. The predicted molar refractivity (Wildman–Crippen MR) is 114 cm³/mol. The van der Waals surface area contributed by atoms with Crippen molar-refractivity contribution < 1.29 is 23.1 Å². The maximum atomic E-state index is 13.1. The van der Waals surface area contributed by atoms with Crippen molar-refractivity contribution in [3.05, 3.63) is 50.4 Å². The minimum absolute atomic E-state index is 0.0220. The Kier molecular flexibility index (Phi) is 7.35. The van der Waals surface area contributed by atoms with Crippen LogP contribution in [0.1, 0.15) is 5.56 Å². The normalized spacial score (nSPS) is 17.5. The highest BCUT2D eigenvalue weighted by molar-refractivity contribution is 7.89. The predicted octanol–water partition coefficient (Wildman–Crippen LogP) is 0.879. The van der Waals surface area contributed by atoms with Crippen LogP contribution in [0.5, 0.6) is 0 Å². The molecule has 1 fully saturated rings. The van der Waals surface area contributed by atoms with Crippen LogP contribution in [0.15, 0.2) is 34.1 Å². The van der Waals surface area contributed by atoms with Crippen LogP contribution in [0.25, 0.3) is 0 Å². The van der Waals surface area contributed by atoms with Gasteiger partial charge in [0, 0.05) is 18.8 Å². The molecule has 1 aliphatic heterocycles. The Morgan fingerprint density at radius 1 is 1.39 bits per heavy atom. The van der Waals surface area contributed by atoms with Crippen LogP contribution < -0.4 is 10.9 Å². The maximum absolute atomic E-state index is 13.1. The van der Waals surface area contributed by atoms with Gasteiger partial charge in [-0.1, -0.05) is 29.3 Å². The summed E-state index contributed by atoms with van der Waals surface area (Å²) in [6.45, 7) is 1.27. The van der Waals surface area contributed by atoms with E-state index in [-0.39, 0.29) is 46.9 Å². The molecule has 0 saturated carbocycles. The van der Waals surface area contributed by atoms with Gasteiger partial charge in [0.2, 0.25) is 15.9 Å². The van der Waals surface area contributed by atoms with Crippen molar-refractivity contribution in [3.63, 3.8) is 0 Å². The molecule has 1 amide bonds. The third kappa shape index (κ3) is 5.25. The Morgan fingerprint density at radius 3 is 2.84 bits per heavy atom. The minimum Gasteiger partial charge on any atom is -0.394 e. The number of halogens is 2. The molecule has 3 rings (SSSR count). The van der Waals surface area contributed by atoms with Crippen molar-refractivity contribution >= 4 is 44.8 Å². The van der Waals surface area contributed by atoms with E-state index in [2.05, 4.69) is 10.4 Å². The van der Waals surface area contributed by atoms with E-state index >= 15 is 0 Å². The van der Waals surface area contributed by atoms with Crippen molar-refractivity contribution in [3.8, 4) is 0 Å². The summed E-state index contributed by atoms with van der Waals surface area (Å²) >= 11 is 11.5. The average molecular weight is 491 g/mol. The van der Waals surface area contributed by atoms with E-state index in [1.54, 1.807) is 19.1 Å². The van der Waals surface area contributed by atoms with Gasteiger partial charge in [-0.15, -0.1) is 0 Å². The van der Waals surface area contributed by atoms with E-state index in [1.165, 1.54) is 10.4 Å². The molecular formula is C18H20Cl2N4O6S. The van der Waals surface area contributed by atoms with E-state index in [0.717, 1.165) is 10.9 Å². The zero-order valence-electron chi connectivity index (χ0n) is 16.4. The first kappa shape index (κ1) is 23.6. The van der Waals surface area contributed by atoms with Crippen LogP contribution >= 0.6 is 23.2 Å². The molecule has 31 heavy (non-hydrogen) atoms. The van der Waals surface area contributed by atoms with E-state index in [0.29, 0.717) is 5.56 Å². The van der Waals surface area contributed by atoms with Gasteiger partial charge in [-0.2, -0.15) is 9.40 Å². The number of rotatable bonds is 6. The Balaban J connectivity index is 1.80.